The Morgan fingerprint density at radius 1 is 1.15 bits per heavy atom. The van der Waals surface area contributed by atoms with Crippen LogP contribution in [0.2, 0.25) is 18.1 Å². The molecule has 2 amide bonds. The van der Waals surface area contributed by atoms with Crippen LogP contribution in [0.3, 0.4) is 0 Å². The van der Waals surface area contributed by atoms with E-state index in [1.165, 1.54) is 4.57 Å². The lowest BCUT2D eigenvalue weighted by Crippen LogP contribution is -2.77. The lowest BCUT2D eigenvalue weighted by Gasteiger charge is -2.57. The van der Waals surface area contributed by atoms with Crippen molar-refractivity contribution in [3.63, 3.8) is 0 Å². The third kappa shape index (κ3) is 4.49. The van der Waals surface area contributed by atoms with Gasteiger partial charge < -0.3 is 9.30 Å². The number of carbonyl (C=O) groups is 2. The molecule has 33 heavy (non-hydrogen) atoms. The highest BCUT2D eigenvalue weighted by atomic mass is 32.2. The van der Waals surface area contributed by atoms with Crippen LogP contribution in [0.25, 0.3) is 0 Å². The minimum Gasteiger partial charge on any atom is -0.445 e. The Bertz CT molecular complexity index is 1030. The van der Waals surface area contributed by atoms with E-state index in [0.717, 1.165) is 4.90 Å². The van der Waals surface area contributed by atoms with Crippen LogP contribution in [0.15, 0.2) is 30.3 Å². The number of alkyl halides is 3. The highest BCUT2D eigenvalue weighted by Gasteiger charge is 2.67. The summed E-state index contributed by atoms with van der Waals surface area (Å²) in [6.45, 7) is 8.82. The second kappa shape index (κ2) is 8.27. The van der Waals surface area contributed by atoms with Gasteiger partial charge in [0.15, 0.2) is 8.24 Å². The Hall–Kier alpha value is -2.12. The summed E-state index contributed by atoms with van der Waals surface area (Å²) >= 11 is 0. The molecular weight excluding hydrogens is 481 g/mol. The highest BCUT2D eigenvalue weighted by Crippen LogP contribution is 2.48. The first-order chi connectivity index (χ1) is 15.0. The predicted octanol–water partition coefficient (Wildman–Crippen LogP) is 3.46. The Morgan fingerprint density at radius 2 is 1.73 bits per heavy atom. The van der Waals surface area contributed by atoms with Crippen LogP contribution in [0.5, 0.6) is 0 Å². The van der Waals surface area contributed by atoms with E-state index in [1.54, 1.807) is 30.3 Å². The molecule has 0 unspecified atom stereocenters. The largest absolute Gasteiger partial charge is 0.523 e. The number of rotatable bonds is 5. The number of fused-ring (bicyclic) bond motifs is 1. The van der Waals surface area contributed by atoms with E-state index in [2.05, 4.69) is 4.18 Å². The minimum atomic E-state index is -5.93. The zero-order chi connectivity index (χ0) is 25.0. The van der Waals surface area contributed by atoms with Crippen LogP contribution in [-0.4, -0.2) is 68.4 Å². The maximum Gasteiger partial charge on any atom is 0.523 e. The average Bonchev–Trinajstić information content (AvgIpc) is 2.98. The molecule has 8 nitrogen and oxygen atoms in total. The second-order valence-electron chi connectivity index (χ2n) is 9.68. The molecule has 0 bridgehead atoms. The van der Waals surface area contributed by atoms with E-state index < -0.39 is 60.6 Å². The summed E-state index contributed by atoms with van der Waals surface area (Å²) in [5, 5.41) is -0.373. The van der Waals surface area contributed by atoms with E-state index in [1.807, 2.05) is 33.9 Å². The summed E-state index contributed by atoms with van der Waals surface area (Å²) in [5.74, 6) is -0.446. The van der Waals surface area contributed by atoms with Gasteiger partial charge in [0.1, 0.15) is 18.8 Å². The van der Waals surface area contributed by atoms with Gasteiger partial charge in [-0.1, -0.05) is 64.2 Å². The first-order valence-corrected chi connectivity index (χ1v) is 14.6. The molecule has 0 aliphatic carbocycles. The number of carbonyl (C=O) groups excluding carboxylic acids is 2. The Labute approximate surface area is 191 Å². The summed E-state index contributed by atoms with van der Waals surface area (Å²) < 4.78 is 73.7. The van der Waals surface area contributed by atoms with Crippen LogP contribution in [0.1, 0.15) is 26.3 Å². The molecule has 1 aromatic rings. The van der Waals surface area contributed by atoms with Crippen molar-refractivity contribution in [3.05, 3.63) is 35.9 Å². The van der Waals surface area contributed by atoms with Crippen molar-refractivity contribution >= 4 is 30.4 Å². The smallest absolute Gasteiger partial charge is 0.445 e. The molecule has 0 spiro atoms. The van der Waals surface area contributed by atoms with Crippen LogP contribution < -0.4 is 0 Å². The van der Waals surface area contributed by atoms with Gasteiger partial charge in [0.05, 0.1) is 12.6 Å². The van der Waals surface area contributed by atoms with Gasteiger partial charge in [-0.25, -0.2) is 4.79 Å². The van der Waals surface area contributed by atoms with Gasteiger partial charge in [-0.2, -0.15) is 21.6 Å². The number of hydrogen-bond donors (Lipinski definition) is 0. The van der Waals surface area contributed by atoms with Gasteiger partial charge in [-0.15, -0.1) is 0 Å². The minimum absolute atomic E-state index is 0.111. The summed E-state index contributed by atoms with van der Waals surface area (Å²) in [6, 6.07) is 6.55. The molecule has 0 radical (unpaired) electrons. The topological polar surface area (TPSA) is 93.2 Å². The van der Waals surface area contributed by atoms with Gasteiger partial charge in [-0.05, 0) is 10.6 Å². The Balaban J connectivity index is 1.88. The van der Waals surface area contributed by atoms with Crippen molar-refractivity contribution in [2.24, 2.45) is 0 Å². The number of β-lactam (4-membered cyclic amide) rings is 1. The molecule has 2 fully saturated rings. The molecule has 0 aromatic heterocycles. The first kappa shape index (κ1) is 25.5. The molecule has 13 heteroatoms. The lowest BCUT2D eigenvalue weighted by molar-refractivity contribution is -0.147. The van der Waals surface area contributed by atoms with Crippen LogP contribution in [-0.2, 0) is 30.4 Å². The SMILES string of the molecule is CC(C)(C)[Si](C)(C)N1C(=O)[C@@H]2[C@H]1[C@H](OS(=O)(=O)C(F)(F)F)CN2C(=O)OCc1ccccc1. The van der Waals surface area contributed by atoms with Crippen molar-refractivity contribution in [2.75, 3.05) is 6.54 Å². The Morgan fingerprint density at radius 3 is 2.24 bits per heavy atom. The molecule has 2 aliphatic rings. The van der Waals surface area contributed by atoms with Gasteiger partial charge in [0, 0.05) is 0 Å². The molecule has 2 aliphatic heterocycles. The number of hydrogen-bond acceptors (Lipinski definition) is 6. The van der Waals surface area contributed by atoms with Gasteiger partial charge in [0.25, 0.3) is 0 Å². The number of likely N-dealkylation sites (tertiary alicyclic amines) is 1. The van der Waals surface area contributed by atoms with Gasteiger partial charge >= 0.3 is 21.7 Å². The quantitative estimate of drug-likeness (QED) is 0.262. The van der Waals surface area contributed by atoms with E-state index in [0.29, 0.717) is 5.56 Å². The van der Waals surface area contributed by atoms with Crippen LogP contribution >= 0.6 is 0 Å². The maximum atomic E-state index is 13.1. The number of nitrogens with zero attached hydrogens (tertiary/aromatic N) is 2. The monoisotopic (exact) mass is 508 g/mol. The van der Waals surface area contributed by atoms with Crippen molar-refractivity contribution in [2.45, 2.75) is 69.2 Å². The maximum absolute atomic E-state index is 13.1. The molecule has 184 valence electrons. The van der Waals surface area contributed by atoms with Crippen molar-refractivity contribution in [3.8, 4) is 0 Å². The lowest BCUT2D eigenvalue weighted by atomic mass is 9.98. The van der Waals surface area contributed by atoms with Gasteiger partial charge in [0.2, 0.25) is 5.91 Å². The molecule has 1 aromatic carbocycles. The molecular formula is C20H27F3N2O6SSi. The van der Waals surface area contributed by atoms with Crippen LogP contribution in [0, 0.1) is 0 Å². The number of amides is 2. The molecule has 3 atom stereocenters. The fraction of sp³-hybridized carbons (Fsp3) is 0.600. The normalized spacial score (nSPS) is 23.9. The van der Waals surface area contributed by atoms with Crippen molar-refractivity contribution < 1.29 is 40.1 Å². The van der Waals surface area contributed by atoms with E-state index in [-0.39, 0.29) is 11.6 Å². The third-order valence-corrected chi connectivity index (χ3v) is 13.1. The van der Waals surface area contributed by atoms with E-state index in [9.17, 15) is 31.2 Å². The fourth-order valence-corrected chi connectivity index (χ4v) is 6.97. The molecule has 0 N–H and O–H groups in total. The van der Waals surface area contributed by atoms with Crippen molar-refractivity contribution in [1.29, 1.82) is 0 Å². The fourth-order valence-electron chi connectivity index (χ4n) is 3.90. The summed E-state index contributed by atoms with van der Waals surface area (Å²) in [4.78, 5) is 26.8. The third-order valence-electron chi connectivity index (χ3n) is 6.62. The van der Waals surface area contributed by atoms with Crippen LogP contribution in [0.4, 0.5) is 18.0 Å². The van der Waals surface area contributed by atoms with Gasteiger partial charge in [-0.3, -0.25) is 13.9 Å². The average molecular weight is 509 g/mol. The number of halogens is 3. The molecule has 2 saturated heterocycles. The number of benzene rings is 1. The van der Waals surface area contributed by atoms with Crippen molar-refractivity contribution in [1.82, 2.24) is 9.47 Å². The predicted molar refractivity (Wildman–Crippen MR) is 115 cm³/mol. The molecule has 3 rings (SSSR count). The van der Waals surface area contributed by atoms with E-state index in [4.69, 9.17) is 4.74 Å². The standard InChI is InChI=1S/C20H27F3N2O6SSi/c1-19(2,3)33(4,5)25-15-14(31-32(28,29)20(21,22)23)11-24(16(15)17(25)26)18(27)30-12-13-9-7-6-8-10-13/h6-10,14-16H,11-12H2,1-5H3/t14-,15-,16+/m1/s1. The summed E-state index contributed by atoms with van der Waals surface area (Å²) in [6.07, 6.45) is -2.48. The zero-order valence-corrected chi connectivity index (χ0v) is 20.7. The van der Waals surface area contributed by atoms with E-state index >= 15 is 0 Å². The zero-order valence-electron chi connectivity index (χ0n) is 18.9. The summed E-state index contributed by atoms with van der Waals surface area (Å²) in [7, 11) is -8.55. The first-order valence-electron chi connectivity index (χ1n) is 10.3. The molecule has 0 saturated carbocycles. The second-order valence-corrected chi connectivity index (χ2v) is 16.3. The molecule has 2 heterocycles. The highest BCUT2D eigenvalue weighted by molar-refractivity contribution is 7.87. The Kier molecular flexibility index (Phi) is 6.39. The summed E-state index contributed by atoms with van der Waals surface area (Å²) in [5.41, 5.74) is -4.95. The number of ether oxygens (including phenoxy) is 1.